The Bertz CT molecular complexity index is 667. The first-order valence-corrected chi connectivity index (χ1v) is 6.75. The van der Waals surface area contributed by atoms with Crippen molar-refractivity contribution in [3.8, 4) is 11.8 Å². The van der Waals surface area contributed by atoms with E-state index in [-0.39, 0.29) is 17.4 Å². The number of hydrogen-bond donors (Lipinski definition) is 2. The number of thioether (sulfide) groups is 1. The van der Waals surface area contributed by atoms with Crippen LogP contribution < -0.4 is 5.32 Å². The van der Waals surface area contributed by atoms with Crippen LogP contribution in [0.5, 0.6) is 5.75 Å². The van der Waals surface area contributed by atoms with Crippen LogP contribution in [0.3, 0.4) is 0 Å². The summed E-state index contributed by atoms with van der Waals surface area (Å²) in [5.41, 5.74) is 0.799. The highest BCUT2D eigenvalue weighted by Crippen LogP contribution is 2.23. The van der Waals surface area contributed by atoms with Crippen molar-refractivity contribution in [2.24, 2.45) is 0 Å². The van der Waals surface area contributed by atoms with E-state index in [0.29, 0.717) is 16.3 Å². The van der Waals surface area contributed by atoms with Gasteiger partial charge in [0, 0.05) is 6.20 Å². The topological polar surface area (TPSA) is 86.0 Å². The number of nitrogens with zero attached hydrogens (tertiary/aromatic N) is 2. The summed E-state index contributed by atoms with van der Waals surface area (Å²) >= 11 is 1.18. The van der Waals surface area contributed by atoms with Crippen LogP contribution in [0.15, 0.2) is 47.6 Å². The molecule has 1 heterocycles. The van der Waals surface area contributed by atoms with Gasteiger partial charge in [-0.25, -0.2) is 4.98 Å². The largest absolute Gasteiger partial charge is 0.506 e. The highest BCUT2D eigenvalue weighted by atomic mass is 32.2. The number of nitrogens with one attached hydrogen (secondary N) is 1. The lowest BCUT2D eigenvalue weighted by Crippen LogP contribution is -2.14. The molecule has 0 fully saturated rings. The molecule has 0 radical (unpaired) electrons. The first kappa shape index (κ1) is 13.9. The molecule has 2 aromatic rings. The summed E-state index contributed by atoms with van der Waals surface area (Å²) in [5, 5.41) is 21.6. The maximum absolute atomic E-state index is 11.8. The van der Waals surface area contributed by atoms with E-state index in [4.69, 9.17) is 5.26 Å². The molecule has 100 valence electrons. The molecule has 0 saturated heterocycles. The summed E-state index contributed by atoms with van der Waals surface area (Å²) in [7, 11) is 0. The van der Waals surface area contributed by atoms with E-state index in [2.05, 4.69) is 10.3 Å². The molecule has 0 aliphatic heterocycles. The molecule has 0 unspecified atom stereocenters. The predicted molar refractivity (Wildman–Crippen MR) is 76.4 cm³/mol. The Labute approximate surface area is 120 Å². The molecule has 5 nitrogen and oxygen atoms in total. The van der Waals surface area contributed by atoms with E-state index in [1.807, 2.05) is 6.07 Å². The van der Waals surface area contributed by atoms with Crippen molar-refractivity contribution in [1.82, 2.24) is 4.98 Å². The SMILES string of the molecule is N#Cc1cccnc1SCC(=O)Nc1ccccc1O. The zero-order valence-corrected chi connectivity index (χ0v) is 11.2. The molecule has 1 aromatic carbocycles. The van der Waals surface area contributed by atoms with Gasteiger partial charge in [-0.3, -0.25) is 4.79 Å². The highest BCUT2D eigenvalue weighted by molar-refractivity contribution is 8.00. The number of hydrogen-bond acceptors (Lipinski definition) is 5. The molecule has 6 heteroatoms. The van der Waals surface area contributed by atoms with E-state index < -0.39 is 0 Å². The Balaban J connectivity index is 1.96. The van der Waals surface area contributed by atoms with Gasteiger partial charge in [-0.15, -0.1) is 0 Å². The summed E-state index contributed by atoms with van der Waals surface area (Å²) in [6.45, 7) is 0. The third-order valence-electron chi connectivity index (χ3n) is 2.41. The third-order valence-corrected chi connectivity index (χ3v) is 3.42. The maximum Gasteiger partial charge on any atom is 0.234 e. The number of carbonyl (C=O) groups excluding carboxylic acids is 1. The van der Waals surface area contributed by atoms with E-state index in [1.54, 1.807) is 36.5 Å². The van der Waals surface area contributed by atoms with Crippen molar-refractivity contribution < 1.29 is 9.90 Å². The van der Waals surface area contributed by atoms with Crippen molar-refractivity contribution in [2.45, 2.75) is 5.03 Å². The van der Waals surface area contributed by atoms with E-state index in [1.165, 1.54) is 17.8 Å². The number of phenols is 1. The average molecular weight is 285 g/mol. The van der Waals surface area contributed by atoms with Crippen molar-refractivity contribution in [1.29, 1.82) is 5.26 Å². The van der Waals surface area contributed by atoms with Gasteiger partial charge in [0.1, 0.15) is 16.8 Å². The number of carbonyl (C=O) groups is 1. The number of para-hydroxylation sites is 2. The normalized spacial score (nSPS) is 9.75. The van der Waals surface area contributed by atoms with Crippen LogP contribution in [0.4, 0.5) is 5.69 Å². The molecule has 0 saturated carbocycles. The van der Waals surface area contributed by atoms with Gasteiger partial charge >= 0.3 is 0 Å². The molecule has 1 aromatic heterocycles. The van der Waals surface area contributed by atoms with Gasteiger partial charge in [0.2, 0.25) is 5.91 Å². The summed E-state index contributed by atoms with van der Waals surface area (Å²) in [6.07, 6.45) is 1.57. The first-order valence-electron chi connectivity index (χ1n) is 5.76. The van der Waals surface area contributed by atoms with Crippen LogP contribution in [0, 0.1) is 11.3 Å². The molecular formula is C14H11N3O2S. The van der Waals surface area contributed by atoms with E-state index in [0.717, 1.165) is 0 Å². The van der Waals surface area contributed by atoms with Crippen molar-refractivity contribution in [3.63, 3.8) is 0 Å². The Kier molecular flexibility index (Phi) is 4.58. The number of anilines is 1. The number of rotatable bonds is 4. The van der Waals surface area contributed by atoms with E-state index >= 15 is 0 Å². The van der Waals surface area contributed by atoms with Gasteiger partial charge in [0.15, 0.2) is 0 Å². The molecule has 1 amide bonds. The quantitative estimate of drug-likeness (QED) is 0.665. The molecular weight excluding hydrogens is 274 g/mol. The molecule has 0 spiro atoms. The van der Waals surface area contributed by atoms with E-state index in [9.17, 15) is 9.90 Å². The molecule has 2 N–H and O–H groups in total. The summed E-state index contributed by atoms with van der Waals surface area (Å²) in [5.74, 6) is -0.146. The Hall–Kier alpha value is -2.52. The number of nitriles is 1. The second kappa shape index (κ2) is 6.59. The molecule has 0 aliphatic rings. The molecule has 0 aliphatic carbocycles. The van der Waals surface area contributed by atoms with Crippen LogP contribution in [-0.4, -0.2) is 21.8 Å². The van der Waals surface area contributed by atoms with Crippen LogP contribution in [0.2, 0.25) is 0 Å². The summed E-state index contributed by atoms with van der Waals surface area (Å²) in [6, 6.07) is 11.8. The first-order chi connectivity index (χ1) is 9.70. The van der Waals surface area contributed by atoms with Gasteiger partial charge in [0.05, 0.1) is 17.0 Å². The molecule has 20 heavy (non-hydrogen) atoms. The monoisotopic (exact) mass is 285 g/mol. The summed E-state index contributed by atoms with van der Waals surface area (Å²) in [4.78, 5) is 15.8. The van der Waals surface area contributed by atoms with Gasteiger partial charge in [0.25, 0.3) is 0 Å². The number of phenolic OH excluding ortho intramolecular Hbond substituents is 1. The van der Waals surface area contributed by atoms with Crippen LogP contribution in [-0.2, 0) is 4.79 Å². The number of aromatic hydroxyl groups is 1. The minimum atomic E-state index is -0.272. The zero-order chi connectivity index (χ0) is 14.4. The number of benzene rings is 1. The fraction of sp³-hybridized carbons (Fsp3) is 0.0714. The Morgan fingerprint density at radius 2 is 2.15 bits per heavy atom. The zero-order valence-electron chi connectivity index (χ0n) is 10.4. The van der Waals surface area contributed by atoms with Crippen LogP contribution in [0.1, 0.15) is 5.56 Å². The summed E-state index contributed by atoms with van der Waals surface area (Å²) < 4.78 is 0. The minimum Gasteiger partial charge on any atom is -0.506 e. The standard InChI is InChI=1S/C14H11N3O2S/c15-8-10-4-3-7-16-14(10)20-9-13(19)17-11-5-1-2-6-12(11)18/h1-7,18H,9H2,(H,17,19). The maximum atomic E-state index is 11.8. The van der Waals surface area contributed by atoms with Crippen molar-refractivity contribution in [3.05, 3.63) is 48.2 Å². The lowest BCUT2D eigenvalue weighted by molar-refractivity contribution is -0.113. The Morgan fingerprint density at radius 3 is 2.90 bits per heavy atom. The predicted octanol–water partition coefficient (Wildman–Crippen LogP) is 2.39. The smallest absolute Gasteiger partial charge is 0.234 e. The third kappa shape index (κ3) is 3.49. The lowest BCUT2D eigenvalue weighted by atomic mass is 10.3. The van der Waals surface area contributed by atoms with Crippen molar-refractivity contribution in [2.75, 3.05) is 11.1 Å². The van der Waals surface area contributed by atoms with Gasteiger partial charge in [-0.05, 0) is 24.3 Å². The van der Waals surface area contributed by atoms with Gasteiger partial charge in [-0.2, -0.15) is 5.26 Å². The number of aromatic nitrogens is 1. The fourth-order valence-corrected chi connectivity index (χ4v) is 2.24. The van der Waals surface area contributed by atoms with Crippen LogP contribution in [0.25, 0.3) is 0 Å². The highest BCUT2D eigenvalue weighted by Gasteiger charge is 2.09. The van der Waals surface area contributed by atoms with Gasteiger partial charge in [-0.1, -0.05) is 23.9 Å². The molecule has 0 atom stereocenters. The van der Waals surface area contributed by atoms with Gasteiger partial charge < -0.3 is 10.4 Å². The molecule has 0 bridgehead atoms. The molecule has 2 rings (SSSR count). The second-order valence-corrected chi connectivity index (χ2v) is 4.79. The van der Waals surface area contributed by atoms with Crippen LogP contribution >= 0.6 is 11.8 Å². The fourth-order valence-electron chi connectivity index (χ4n) is 1.49. The number of pyridine rings is 1. The average Bonchev–Trinajstić information content (AvgIpc) is 2.48. The minimum absolute atomic E-state index is 0.0152. The second-order valence-electron chi connectivity index (χ2n) is 3.82. The van der Waals surface area contributed by atoms with Crippen molar-refractivity contribution >= 4 is 23.4 Å². The number of amides is 1. The lowest BCUT2D eigenvalue weighted by Gasteiger charge is -2.06. The Morgan fingerprint density at radius 1 is 1.35 bits per heavy atom.